The molecule has 5 rings (SSSR count). The standard InChI is InChI=1S/C27H38N6O4S/c1-36-24-8-7-21(20-5-3-2-4-6-20)17-22(24)23-19-38-27(28-23)29-26(35)30-33-11-9-31(10-12-33)18-25(34)32-13-15-37-16-14-32/h7-8,17,19-20H,2-6,9-16,18H2,1H3,(H2,28,29,30,35). The van der Waals surface area contributed by atoms with Crippen LogP contribution in [0.2, 0.25) is 0 Å². The first-order valence-electron chi connectivity index (χ1n) is 13.6. The van der Waals surface area contributed by atoms with Crippen LogP contribution in [0.1, 0.15) is 43.6 Å². The van der Waals surface area contributed by atoms with E-state index >= 15 is 0 Å². The highest BCUT2D eigenvalue weighted by atomic mass is 32.1. The summed E-state index contributed by atoms with van der Waals surface area (Å²) in [5.41, 5.74) is 6.02. The number of aromatic nitrogens is 1. The number of anilines is 1. The molecule has 38 heavy (non-hydrogen) atoms. The molecule has 0 spiro atoms. The molecule has 10 nitrogen and oxygen atoms in total. The lowest BCUT2D eigenvalue weighted by atomic mass is 9.83. The molecule has 0 atom stereocenters. The van der Waals surface area contributed by atoms with Crippen LogP contribution in [-0.4, -0.2) is 97.9 Å². The van der Waals surface area contributed by atoms with Gasteiger partial charge in [0.15, 0.2) is 5.13 Å². The van der Waals surface area contributed by atoms with Crippen molar-refractivity contribution in [1.82, 2.24) is 25.2 Å². The molecule has 3 fully saturated rings. The number of morpholine rings is 1. The normalized spacial score (nSPS) is 19.8. The SMILES string of the molecule is COc1ccc(C2CCCCC2)cc1-c1csc(NC(=O)NN2CCN(CC(=O)N3CCOCC3)CC2)n1. The summed E-state index contributed by atoms with van der Waals surface area (Å²) >= 11 is 1.40. The van der Waals surface area contributed by atoms with Crippen LogP contribution in [0.3, 0.4) is 0 Å². The topological polar surface area (TPSA) is 99.3 Å². The quantitative estimate of drug-likeness (QED) is 0.553. The molecule has 1 aliphatic carbocycles. The molecule has 2 N–H and O–H groups in total. The van der Waals surface area contributed by atoms with Gasteiger partial charge in [-0.3, -0.25) is 20.4 Å². The molecule has 1 aromatic carbocycles. The first-order chi connectivity index (χ1) is 18.6. The van der Waals surface area contributed by atoms with Gasteiger partial charge in [-0.2, -0.15) is 0 Å². The van der Waals surface area contributed by atoms with Crippen molar-refractivity contribution < 1.29 is 19.1 Å². The van der Waals surface area contributed by atoms with Gasteiger partial charge >= 0.3 is 6.03 Å². The van der Waals surface area contributed by atoms with Crippen molar-refractivity contribution in [2.75, 3.05) is 71.5 Å². The minimum absolute atomic E-state index is 0.146. The first-order valence-corrected chi connectivity index (χ1v) is 14.5. The second-order valence-corrected chi connectivity index (χ2v) is 11.0. The van der Waals surface area contributed by atoms with E-state index in [1.807, 2.05) is 21.4 Å². The number of hydrogen-bond donors (Lipinski definition) is 2. The number of hydrazine groups is 1. The van der Waals surface area contributed by atoms with Crippen molar-refractivity contribution in [2.45, 2.75) is 38.0 Å². The van der Waals surface area contributed by atoms with E-state index in [0.717, 1.165) is 30.1 Å². The molecule has 3 amide bonds. The average molecular weight is 543 g/mol. The fourth-order valence-corrected chi connectivity index (χ4v) is 6.17. The Balaban J connectivity index is 1.12. The molecule has 2 saturated heterocycles. The molecule has 2 aliphatic heterocycles. The second kappa shape index (κ2) is 12.9. The fourth-order valence-electron chi connectivity index (χ4n) is 5.46. The van der Waals surface area contributed by atoms with Crippen LogP contribution >= 0.6 is 11.3 Å². The van der Waals surface area contributed by atoms with Crippen LogP contribution in [-0.2, 0) is 9.53 Å². The lowest BCUT2D eigenvalue weighted by Crippen LogP contribution is -2.56. The Morgan fingerprint density at radius 2 is 1.84 bits per heavy atom. The molecule has 0 bridgehead atoms. The Hall–Kier alpha value is -2.73. The van der Waals surface area contributed by atoms with Gasteiger partial charge in [-0.15, -0.1) is 11.3 Å². The zero-order valence-electron chi connectivity index (χ0n) is 22.1. The van der Waals surface area contributed by atoms with Gasteiger partial charge in [-0.05, 0) is 36.5 Å². The number of hydrogen-bond acceptors (Lipinski definition) is 8. The molecular formula is C27H38N6O4S. The molecule has 3 aliphatic rings. The average Bonchev–Trinajstić information content (AvgIpc) is 3.42. The number of nitrogens with one attached hydrogen (secondary N) is 2. The second-order valence-electron chi connectivity index (χ2n) is 10.2. The van der Waals surface area contributed by atoms with E-state index in [0.29, 0.717) is 57.0 Å². The summed E-state index contributed by atoms with van der Waals surface area (Å²) in [6.45, 7) is 5.70. The Bertz CT molecular complexity index is 1090. The molecule has 11 heteroatoms. The van der Waals surface area contributed by atoms with Gasteiger partial charge in [0.2, 0.25) is 5.91 Å². The third kappa shape index (κ3) is 6.82. The van der Waals surface area contributed by atoms with E-state index in [9.17, 15) is 9.59 Å². The Kier molecular flexibility index (Phi) is 9.10. The van der Waals surface area contributed by atoms with Crippen molar-refractivity contribution in [3.05, 3.63) is 29.1 Å². The molecule has 206 valence electrons. The minimum atomic E-state index is -0.313. The lowest BCUT2D eigenvalue weighted by molar-refractivity contribution is -0.137. The number of nitrogens with zero attached hydrogens (tertiary/aromatic N) is 4. The van der Waals surface area contributed by atoms with Gasteiger partial charge in [0.1, 0.15) is 5.75 Å². The summed E-state index contributed by atoms with van der Waals surface area (Å²) in [4.78, 5) is 33.9. The van der Waals surface area contributed by atoms with Gasteiger partial charge in [-0.25, -0.2) is 14.8 Å². The van der Waals surface area contributed by atoms with Gasteiger partial charge in [0, 0.05) is 50.2 Å². The number of benzene rings is 1. The van der Waals surface area contributed by atoms with Crippen LogP contribution in [0.5, 0.6) is 5.75 Å². The van der Waals surface area contributed by atoms with Gasteiger partial charge in [0.25, 0.3) is 0 Å². The molecular weight excluding hydrogens is 504 g/mol. The highest BCUT2D eigenvalue weighted by Crippen LogP contribution is 2.38. The van der Waals surface area contributed by atoms with Crippen molar-refractivity contribution in [3.8, 4) is 17.0 Å². The number of amides is 3. The zero-order chi connectivity index (χ0) is 26.3. The van der Waals surface area contributed by atoms with Gasteiger partial charge in [-0.1, -0.05) is 25.3 Å². The van der Waals surface area contributed by atoms with Crippen LogP contribution in [0, 0.1) is 0 Å². The summed E-state index contributed by atoms with van der Waals surface area (Å²) < 4.78 is 11.0. The summed E-state index contributed by atoms with van der Waals surface area (Å²) in [5, 5.41) is 7.25. The number of methoxy groups -OCH3 is 1. The number of carbonyl (C=O) groups is 2. The summed E-state index contributed by atoms with van der Waals surface area (Å²) in [5.74, 6) is 1.53. The summed E-state index contributed by atoms with van der Waals surface area (Å²) in [6, 6.07) is 6.10. The number of urea groups is 1. The molecule has 0 radical (unpaired) electrons. The van der Waals surface area contributed by atoms with Crippen LogP contribution in [0.15, 0.2) is 23.6 Å². The van der Waals surface area contributed by atoms with Crippen LogP contribution < -0.4 is 15.5 Å². The highest BCUT2D eigenvalue weighted by Gasteiger charge is 2.24. The summed E-state index contributed by atoms with van der Waals surface area (Å²) in [7, 11) is 1.68. The van der Waals surface area contributed by atoms with Crippen molar-refractivity contribution in [1.29, 1.82) is 0 Å². The minimum Gasteiger partial charge on any atom is -0.496 e. The predicted octanol–water partition coefficient (Wildman–Crippen LogP) is 3.38. The third-order valence-corrected chi connectivity index (χ3v) is 8.41. The van der Waals surface area contributed by atoms with Crippen LogP contribution in [0.25, 0.3) is 11.3 Å². The number of rotatable bonds is 7. The largest absolute Gasteiger partial charge is 0.496 e. The van der Waals surface area contributed by atoms with Gasteiger partial charge in [0.05, 0.1) is 32.6 Å². The van der Waals surface area contributed by atoms with E-state index in [1.54, 1.807) is 7.11 Å². The zero-order valence-corrected chi connectivity index (χ0v) is 22.9. The fraction of sp³-hybridized carbons (Fsp3) is 0.593. The monoisotopic (exact) mass is 542 g/mol. The van der Waals surface area contributed by atoms with E-state index in [1.165, 1.54) is 49.0 Å². The third-order valence-electron chi connectivity index (χ3n) is 7.66. The maximum absolute atomic E-state index is 12.7. The smallest absolute Gasteiger partial charge is 0.335 e. The summed E-state index contributed by atoms with van der Waals surface area (Å²) in [6.07, 6.45) is 6.36. The molecule has 2 aromatic rings. The number of piperazine rings is 1. The van der Waals surface area contributed by atoms with Crippen molar-refractivity contribution in [2.24, 2.45) is 0 Å². The van der Waals surface area contributed by atoms with E-state index in [2.05, 4.69) is 32.8 Å². The van der Waals surface area contributed by atoms with E-state index < -0.39 is 0 Å². The molecule has 1 saturated carbocycles. The Morgan fingerprint density at radius 1 is 1.08 bits per heavy atom. The molecule has 1 aromatic heterocycles. The maximum atomic E-state index is 12.7. The van der Waals surface area contributed by atoms with Gasteiger partial charge < -0.3 is 14.4 Å². The Morgan fingerprint density at radius 3 is 2.58 bits per heavy atom. The molecule has 3 heterocycles. The first kappa shape index (κ1) is 26.9. The lowest BCUT2D eigenvalue weighted by Gasteiger charge is -2.35. The van der Waals surface area contributed by atoms with Crippen LogP contribution in [0.4, 0.5) is 9.93 Å². The van der Waals surface area contributed by atoms with E-state index in [4.69, 9.17) is 9.47 Å². The number of ether oxygens (including phenoxy) is 2. The predicted molar refractivity (Wildman–Crippen MR) is 147 cm³/mol. The number of carbonyl (C=O) groups excluding carboxylic acids is 2. The van der Waals surface area contributed by atoms with Crippen molar-refractivity contribution >= 4 is 28.4 Å². The highest BCUT2D eigenvalue weighted by molar-refractivity contribution is 7.14. The maximum Gasteiger partial charge on any atom is 0.335 e. The number of thiazole rings is 1. The van der Waals surface area contributed by atoms with E-state index in [-0.39, 0.29) is 11.9 Å². The molecule has 0 unspecified atom stereocenters. The Labute approximate surface area is 228 Å². The van der Waals surface area contributed by atoms with Crippen molar-refractivity contribution in [3.63, 3.8) is 0 Å².